The van der Waals surface area contributed by atoms with Crippen LogP contribution in [-0.4, -0.2) is 32.7 Å². The molecule has 3 heterocycles. The molecule has 0 unspecified atom stereocenters. The van der Waals surface area contributed by atoms with Crippen molar-refractivity contribution in [2.75, 3.05) is 17.6 Å². The van der Waals surface area contributed by atoms with Crippen molar-refractivity contribution in [1.82, 2.24) is 20.1 Å². The number of anilines is 2. The van der Waals surface area contributed by atoms with Gasteiger partial charge in [-0.1, -0.05) is 30.3 Å². The number of H-pyrrole nitrogens is 1. The first-order chi connectivity index (χ1) is 12.1. The maximum Gasteiger partial charge on any atom is 0.185 e. The number of fused-ring (bicyclic) bond motifs is 3. The highest BCUT2D eigenvalue weighted by Crippen LogP contribution is 2.33. The van der Waals surface area contributed by atoms with Crippen molar-refractivity contribution in [1.29, 1.82) is 0 Å². The second kappa shape index (κ2) is 6.37. The minimum atomic E-state index is 0.315. The molecule has 0 saturated heterocycles. The van der Waals surface area contributed by atoms with Crippen molar-refractivity contribution in [3.8, 4) is 0 Å². The molecule has 1 aliphatic rings. The van der Waals surface area contributed by atoms with Crippen LogP contribution in [0.25, 0.3) is 11.0 Å². The van der Waals surface area contributed by atoms with E-state index in [0.29, 0.717) is 17.5 Å². The zero-order valence-electron chi connectivity index (χ0n) is 14.7. The van der Waals surface area contributed by atoms with Crippen LogP contribution >= 0.6 is 0 Å². The van der Waals surface area contributed by atoms with Crippen LogP contribution in [0, 0.1) is 0 Å². The van der Waals surface area contributed by atoms with Crippen molar-refractivity contribution < 1.29 is 0 Å². The third-order valence-corrected chi connectivity index (χ3v) is 4.68. The van der Waals surface area contributed by atoms with E-state index in [4.69, 9.17) is 10.7 Å². The molecule has 0 aliphatic carbocycles. The summed E-state index contributed by atoms with van der Waals surface area (Å²) in [7, 11) is 0. The van der Waals surface area contributed by atoms with Gasteiger partial charge < -0.3 is 11.1 Å². The average Bonchev–Trinajstić information content (AvgIpc) is 2.96. The third-order valence-electron chi connectivity index (χ3n) is 4.68. The molecule has 6 heteroatoms. The summed E-state index contributed by atoms with van der Waals surface area (Å²) in [6.07, 6.45) is 0.956. The Kier molecular flexibility index (Phi) is 4.05. The van der Waals surface area contributed by atoms with Gasteiger partial charge in [-0.3, -0.25) is 10.00 Å². The van der Waals surface area contributed by atoms with E-state index in [-0.39, 0.29) is 0 Å². The van der Waals surface area contributed by atoms with E-state index in [0.717, 1.165) is 37.3 Å². The topological polar surface area (TPSA) is 82.9 Å². The zero-order valence-corrected chi connectivity index (χ0v) is 14.7. The average molecular weight is 336 g/mol. The lowest BCUT2D eigenvalue weighted by molar-refractivity contribution is 0.246. The Balaban J connectivity index is 1.71. The lowest BCUT2D eigenvalue weighted by Crippen LogP contribution is -2.31. The Morgan fingerprint density at radius 3 is 2.80 bits per heavy atom. The van der Waals surface area contributed by atoms with Gasteiger partial charge >= 0.3 is 0 Å². The van der Waals surface area contributed by atoms with Crippen LogP contribution in [0.3, 0.4) is 0 Å². The molecule has 1 aromatic carbocycles. The second-order valence-electron chi connectivity index (χ2n) is 7.00. The molecule has 0 fully saturated rings. The highest BCUT2D eigenvalue weighted by molar-refractivity contribution is 5.92. The molecule has 25 heavy (non-hydrogen) atoms. The van der Waals surface area contributed by atoms with Crippen molar-refractivity contribution in [3.05, 3.63) is 47.0 Å². The number of nitrogens with two attached hydrogens (primary N) is 1. The Bertz CT molecular complexity index is 884. The van der Waals surface area contributed by atoms with E-state index in [1.54, 1.807) is 0 Å². The van der Waals surface area contributed by atoms with E-state index in [2.05, 4.69) is 64.6 Å². The molecular weight excluding hydrogens is 312 g/mol. The van der Waals surface area contributed by atoms with E-state index in [1.807, 2.05) is 0 Å². The lowest BCUT2D eigenvalue weighted by atomic mass is 9.97. The van der Waals surface area contributed by atoms with Crippen molar-refractivity contribution in [2.24, 2.45) is 0 Å². The summed E-state index contributed by atoms with van der Waals surface area (Å²) in [4.78, 5) is 7.20. The van der Waals surface area contributed by atoms with Gasteiger partial charge in [0.2, 0.25) is 0 Å². The highest BCUT2D eigenvalue weighted by Gasteiger charge is 2.25. The molecule has 0 saturated carbocycles. The molecular formula is C19H24N6. The SMILES string of the molecule is CC(C)Nc1nc2n[nH]c(N)c2c2c1CN(Cc1ccccc1)CC2. The molecule has 0 bridgehead atoms. The summed E-state index contributed by atoms with van der Waals surface area (Å²) in [6.45, 7) is 7.07. The van der Waals surface area contributed by atoms with E-state index in [9.17, 15) is 0 Å². The number of hydrogen-bond donors (Lipinski definition) is 3. The molecule has 4 N–H and O–H groups in total. The minimum absolute atomic E-state index is 0.315. The maximum absolute atomic E-state index is 6.12. The standard InChI is InChI=1S/C19H24N6/c1-12(2)21-18-15-11-25(10-13-6-4-3-5-7-13)9-8-14(15)16-17(20)23-24-19(16)22-18/h3-7,12H,8-11H2,1-2H3,(H4,20,21,22,23,24). The fourth-order valence-corrected chi connectivity index (χ4v) is 3.58. The summed E-state index contributed by atoms with van der Waals surface area (Å²) >= 11 is 0. The first kappa shape index (κ1) is 15.9. The summed E-state index contributed by atoms with van der Waals surface area (Å²) in [5, 5.41) is 11.6. The largest absolute Gasteiger partial charge is 0.384 e. The molecule has 3 aromatic rings. The summed E-state index contributed by atoms with van der Waals surface area (Å²) < 4.78 is 0. The van der Waals surface area contributed by atoms with Gasteiger partial charge in [-0.25, -0.2) is 4.98 Å². The van der Waals surface area contributed by atoms with Gasteiger partial charge in [-0.2, -0.15) is 5.10 Å². The number of benzene rings is 1. The fourth-order valence-electron chi connectivity index (χ4n) is 3.58. The number of rotatable bonds is 4. The Morgan fingerprint density at radius 1 is 1.24 bits per heavy atom. The van der Waals surface area contributed by atoms with E-state index in [1.165, 1.54) is 16.7 Å². The number of aromatic amines is 1. The van der Waals surface area contributed by atoms with Gasteiger partial charge in [0.15, 0.2) is 5.65 Å². The summed E-state index contributed by atoms with van der Waals surface area (Å²) in [6, 6.07) is 10.9. The van der Waals surface area contributed by atoms with Gasteiger partial charge in [-0.05, 0) is 31.4 Å². The van der Waals surface area contributed by atoms with E-state index < -0.39 is 0 Å². The second-order valence-corrected chi connectivity index (χ2v) is 7.00. The van der Waals surface area contributed by atoms with Crippen LogP contribution in [0.15, 0.2) is 30.3 Å². The van der Waals surface area contributed by atoms with Crippen LogP contribution in [0.4, 0.5) is 11.6 Å². The molecule has 0 amide bonds. The minimum Gasteiger partial charge on any atom is -0.384 e. The molecule has 4 rings (SSSR count). The summed E-state index contributed by atoms with van der Waals surface area (Å²) in [5.41, 5.74) is 10.7. The van der Waals surface area contributed by atoms with Gasteiger partial charge in [0.05, 0.1) is 5.39 Å². The monoisotopic (exact) mass is 336 g/mol. The molecule has 0 atom stereocenters. The number of hydrogen-bond acceptors (Lipinski definition) is 5. The molecule has 130 valence electrons. The van der Waals surface area contributed by atoms with Crippen molar-refractivity contribution >= 4 is 22.7 Å². The van der Waals surface area contributed by atoms with Gasteiger partial charge in [0, 0.05) is 31.2 Å². The molecule has 6 nitrogen and oxygen atoms in total. The van der Waals surface area contributed by atoms with Gasteiger partial charge in [0.1, 0.15) is 11.6 Å². The number of nitrogen functional groups attached to an aromatic ring is 1. The lowest BCUT2D eigenvalue weighted by Gasteiger charge is -2.31. The highest BCUT2D eigenvalue weighted by atomic mass is 15.2. The first-order valence-electron chi connectivity index (χ1n) is 8.80. The van der Waals surface area contributed by atoms with Crippen LogP contribution in [0.5, 0.6) is 0 Å². The van der Waals surface area contributed by atoms with Gasteiger partial charge in [-0.15, -0.1) is 0 Å². The van der Waals surface area contributed by atoms with E-state index >= 15 is 0 Å². The summed E-state index contributed by atoms with van der Waals surface area (Å²) in [5.74, 6) is 1.55. The third kappa shape index (κ3) is 3.05. The number of nitrogens with one attached hydrogen (secondary N) is 2. The predicted octanol–water partition coefficient (Wildman–Crippen LogP) is 2.92. The van der Waals surface area contributed by atoms with Crippen LogP contribution in [0.2, 0.25) is 0 Å². The number of pyridine rings is 1. The quantitative estimate of drug-likeness (QED) is 0.682. The Hall–Kier alpha value is -2.60. The van der Waals surface area contributed by atoms with Gasteiger partial charge in [0.25, 0.3) is 0 Å². The molecule has 0 spiro atoms. The molecule has 1 aliphatic heterocycles. The Morgan fingerprint density at radius 2 is 2.04 bits per heavy atom. The number of aromatic nitrogens is 3. The van der Waals surface area contributed by atoms with Crippen LogP contribution < -0.4 is 11.1 Å². The number of nitrogens with zero attached hydrogens (tertiary/aromatic N) is 3. The predicted molar refractivity (Wildman–Crippen MR) is 101 cm³/mol. The van der Waals surface area contributed by atoms with Crippen LogP contribution in [0.1, 0.15) is 30.5 Å². The fraction of sp³-hybridized carbons (Fsp3) is 0.368. The first-order valence-corrected chi connectivity index (χ1v) is 8.80. The molecule has 0 radical (unpaired) electrons. The zero-order chi connectivity index (χ0) is 17.4. The van der Waals surface area contributed by atoms with Crippen LogP contribution in [-0.2, 0) is 19.5 Å². The maximum atomic E-state index is 6.12. The van der Waals surface area contributed by atoms with Crippen molar-refractivity contribution in [2.45, 2.75) is 39.4 Å². The Labute approximate surface area is 147 Å². The normalized spacial score (nSPS) is 14.8. The molecule has 2 aromatic heterocycles. The van der Waals surface area contributed by atoms with Crippen molar-refractivity contribution in [3.63, 3.8) is 0 Å². The smallest absolute Gasteiger partial charge is 0.185 e.